The molecule has 3 fully saturated rings. The summed E-state index contributed by atoms with van der Waals surface area (Å²) in [5, 5.41) is 6.19. The Morgan fingerprint density at radius 3 is 2.59 bits per heavy atom. The fourth-order valence-corrected chi connectivity index (χ4v) is 5.85. The van der Waals surface area contributed by atoms with Crippen molar-refractivity contribution in [3.8, 4) is 0 Å². The number of rotatable bonds is 4. The second-order valence-electron chi connectivity index (χ2n) is 8.55. The lowest BCUT2D eigenvalue weighted by molar-refractivity contribution is -0.145. The molecule has 3 aliphatic heterocycles. The van der Waals surface area contributed by atoms with Crippen LogP contribution in [0, 0.1) is 11.8 Å². The molecule has 4 aliphatic rings. The van der Waals surface area contributed by atoms with E-state index in [0.29, 0.717) is 17.7 Å². The summed E-state index contributed by atoms with van der Waals surface area (Å²) >= 11 is 0. The van der Waals surface area contributed by atoms with E-state index in [1.54, 1.807) is 6.07 Å². The highest BCUT2D eigenvalue weighted by molar-refractivity contribution is 6.15. The van der Waals surface area contributed by atoms with E-state index in [9.17, 15) is 19.2 Å². The summed E-state index contributed by atoms with van der Waals surface area (Å²) < 4.78 is 0. The van der Waals surface area contributed by atoms with Crippen LogP contribution in [0.5, 0.6) is 0 Å². The van der Waals surface area contributed by atoms with Crippen molar-refractivity contribution >= 4 is 29.3 Å². The van der Waals surface area contributed by atoms with E-state index in [1.807, 2.05) is 18.2 Å². The van der Waals surface area contributed by atoms with Gasteiger partial charge in [-0.25, -0.2) is 0 Å². The van der Waals surface area contributed by atoms with Gasteiger partial charge in [0.2, 0.25) is 23.6 Å². The van der Waals surface area contributed by atoms with Gasteiger partial charge in [0.15, 0.2) is 0 Å². The molecule has 1 spiro atoms. The van der Waals surface area contributed by atoms with Crippen LogP contribution >= 0.6 is 0 Å². The molecular weight excluding hydrogens is 372 g/mol. The van der Waals surface area contributed by atoms with Crippen molar-refractivity contribution in [2.45, 2.75) is 56.1 Å². The van der Waals surface area contributed by atoms with Crippen molar-refractivity contribution in [3.63, 3.8) is 0 Å². The number of imide groups is 1. The first-order valence-corrected chi connectivity index (χ1v) is 10.3. The van der Waals surface area contributed by atoms with E-state index < -0.39 is 29.3 Å². The molecule has 2 saturated heterocycles. The molecule has 1 aliphatic carbocycles. The van der Waals surface area contributed by atoms with Crippen LogP contribution in [-0.4, -0.2) is 40.6 Å². The van der Waals surface area contributed by atoms with Gasteiger partial charge in [0.25, 0.3) is 0 Å². The van der Waals surface area contributed by atoms with Crippen LogP contribution in [0.2, 0.25) is 0 Å². The first-order chi connectivity index (χ1) is 13.9. The number of amides is 4. The van der Waals surface area contributed by atoms with Crippen LogP contribution < -0.4 is 16.4 Å². The second kappa shape index (κ2) is 6.38. The number of nitrogens with two attached hydrogens (primary N) is 1. The molecule has 1 aromatic carbocycles. The number of hydrogen-bond acceptors (Lipinski definition) is 5. The molecule has 1 saturated carbocycles. The topological polar surface area (TPSA) is 122 Å². The Kier molecular flexibility index (Phi) is 4.03. The lowest BCUT2D eigenvalue weighted by atomic mass is 9.76. The summed E-state index contributed by atoms with van der Waals surface area (Å²) in [5.74, 6) is -2.75. The second-order valence-corrected chi connectivity index (χ2v) is 8.55. The standard InChI is InChI=1S/C21H24N4O4/c22-15(26)10-9-14-16-17(19(28)25(18(16)27)11-5-1-2-6-11)21(24-14)12-7-3-4-8-13(12)23-20(21)29/h3-4,7-8,11,14,16-17,24H,1-2,5-6,9-10H2,(H2,22,26)(H,23,29)/t14-,16+,17+,21-/m0/s1. The molecule has 3 heterocycles. The van der Waals surface area contributed by atoms with Crippen molar-refractivity contribution < 1.29 is 19.2 Å². The zero-order chi connectivity index (χ0) is 20.3. The van der Waals surface area contributed by atoms with Crippen molar-refractivity contribution in [3.05, 3.63) is 29.8 Å². The lowest BCUT2D eigenvalue weighted by Gasteiger charge is -2.31. The Hall–Kier alpha value is -2.74. The zero-order valence-electron chi connectivity index (χ0n) is 16.0. The van der Waals surface area contributed by atoms with Gasteiger partial charge in [-0.3, -0.25) is 29.4 Å². The number of carbonyl (C=O) groups excluding carboxylic acids is 4. The van der Waals surface area contributed by atoms with Gasteiger partial charge in [0.1, 0.15) is 5.54 Å². The van der Waals surface area contributed by atoms with Gasteiger partial charge < -0.3 is 11.1 Å². The highest BCUT2D eigenvalue weighted by Gasteiger charge is 2.70. The molecule has 4 N–H and O–H groups in total. The van der Waals surface area contributed by atoms with Gasteiger partial charge in [-0.1, -0.05) is 31.0 Å². The molecule has 152 valence electrons. The summed E-state index contributed by atoms with van der Waals surface area (Å²) in [6.07, 6.45) is 4.01. The smallest absolute Gasteiger partial charge is 0.250 e. The zero-order valence-corrected chi connectivity index (χ0v) is 16.0. The summed E-state index contributed by atoms with van der Waals surface area (Å²) in [5.41, 5.74) is 5.39. The van der Waals surface area contributed by atoms with Crippen molar-refractivity contribution in [2.24, 2.45) is 17.6 Å². The fourth-order valence-electron chi connectivity index (χ4n) is 5.85. The minimum absolute atomic E-state index is 0.0884. The first-order valence-electron chi connectivity index (χ1n) is 10.3. The largest absolute Gasteiger partial charge is 0.370 e. The molecule has 29 heavy (non-hydrogen) atoms. The molecule has 0 radical (unpaired) electrons. The number of nitrogens with one attached hydrogen (secondary N) is 2. The Morgan fingerprint density at radius 1 is 1.14 bits per heavy atom. The number of anilines is 1. The molecule has 4 amide bonds. The maximum Gasteiger partial charge on any atom is 0.250 e. The van der Waals surface area contributed by atoms with Crippen molar-refractivity contribution in [2.75, 3.05) is 5.32 Å². The predicted octanol–water partition coefficient (Wildman–Crippen LogP) is 0.615. The Morgan fingerprint density at radius 2 is 1.86 bits per heavy atom. The molecule has 8 nitrogen and oxygen atoms in total. The molecule has 4 atom stereocenters. The predicted molar refractivity (Wildman–Crippen MR) is 103 cm³/mol. The average molecular weight is 396 g/mol. The van der Waals surface area contributed by atoms with Gasteiger partial charge in [-0.05, 0) is 25.3 Å². The summed E-state index contributed by atoms with van der Waals surface area (Å²) in [7, 11) is 0. The van der Waals surface area contributed by atoms with E-state index in [4.69, 9.17) is 5.73 Å². The van der Waals surface area contributed by atoms with Crippen LogP contribution in [0.15, 0.2) is 24.3 Å². The molecule has 0 aromatic heterocycles. The maximum atomic E-state index is 13.6. The quantitative estimate of drug-likeness (QED) is 0.644. The number of likely N-dealkylation sites (tertiary alicyclic amines) is 1. The van der Waals surface area contributed by atoms with E-state index in [0.717, 1.165) is 25.7 Å². The van der Waals surface area contributed by atoms with E-state index in [-0.39, 0.29) is 30.2 Å². The Balaban J connectivity index is 1.61. The van der Waals surface area contributed by atoms with Crippen LogP contribution in [0.3, 0.4) is 0 Å². The number of benzene rings is 1. The number of fused-ring (bicyclic) bond motifs is 4. The number of hydrogen-bond donors (Lipinski definition) is 3. The van der Waals surface area contributed by atoms with E-state index in [1.165, 1.54) is 4.90 Å². The minimum atomic E-state index is -1.29. The van der Waals surface area contributed by atoms with Crippen LogP contribution in [0.1, 0.15) is 44.1 Å². The highest BCUT2D eigenvalue weighted by atomic mass is 16.2. The lowest BCUT2D eigenvalue weighted by Crippen LogP contribution is -2.54. The summed E-state index contributed by atoms with van der Waals surface area (Å²) in [6.45, 7) is 0. The molecular formula is C21H24N4O4. The third kappa shape index (κ3) is 2.41. The van der Waals surface area contributed by atoms with Crippen molar-refractivity contribution in [1.82, 2.24) is 10.2 Å². The number of para-hydroxylation sites is 1. The van der Waals surface area contributed by atoms with E-state index in [2.05, 4.69) is 10.6 Å². The van der Waals surface area contributed by atoms with Gasteiger partial charge >= 0.3 is 0 Å². The average Bonchev–Trinajstić information content (AvgIpc) is 3.42. The minimum Gasteiger partial charge on any atom is -0.370 e. The third-order valence-corrected chi connectivity index (χ3v) is 7.05. The van der Waals surface area contributed by atoms with Gasteiger partial charge in [0.05, 0.1) is 11.8 Å². The van der Waals surface area contributed by atoms with Gasteiger partial charge in [0, 0.05) is 29.8 Å². The summed E-state index contributed by atoms with van der Waals surface area (Å²) in [4.78, 5) is 53.0. The molecule has 0 bridgehead atoms. The Labute approximate surface area is 168 Å². The molecule has 1 aromatic rings. The SMILES string of the molecule is NC(=O)CC[C@@H]1N[C@]2(C(=O)Nc3ccccc32)[C@H]2C(=O)N(C3CCCC3)C(=O)[C@H]12. The van der Waals surface area contributed by atoms with Crippen LogP contribution in [0.25, 0.3) is 0 Å². The summed E-state index contributed by atoms with van der Waals surface area (Å²) in [6, 6.07) is 6.71. The van der Waals surface area contributed by atoms with Crippen LogP contribution in [0.4, 0.5) is 5.69 Å². The molecule has 0 unspecified atom stereocenters. The fraction of sp³-hybridized carbons (Fsp3) is 0.524. The van der Waals surface area contributed by atoms with E-state index >= 15 is 0 Å². The number of primary amides is 1. The van der Waals surface area contributed by atoms with Crippen LogP contribution in [-0.2, 0) is 24.7 Å². The number of carbonyl (C=O) groups is 4. The van der Waals surface area contributed by atoms with Gasteiger partial charge in [-0.2, -0.15) is 0 Å². The van der Waals surface area contributed by atoms with Gasteiger partial charge in [-0.15, -0.1) is 0 Å². The first kappa shape index (κ1) is 18.3. The molecule has 5 rings (SSSR count). The Bertz CT molecular complexity index is 925. The number of nitrogens with zero attached hydrogens (tertiary/aromatic N) is 1. The monoisotopic (exact) mass is 396 g/mol. The molecule has 8 heteroatoms. The maximum absolute atomic E-state index is 13.6. The normalized spacial score (nSPS) is 33.4. The highest BCUT2D eigenvalue weighted by Crippen LogP contribution is 2.54. The third-order valence-electron chi connectivity index (χ3n) is 7.05. The van der Waals surface area contributed by atoms with Crippen molar-refractivity contribution in [1.29, 1.82) is 0 Å².